The standard InChI is InChI=1S/C13H18Cl2N2O2S/c1-8-3-11(4-8)17-20(18,19)12-6-10(14)5-9(7-16-2)13(12)15/h5-6,8,11,16-17H,3-4,7H2,1-2H3. The maximum atomic E-state index is 12.4. The summed E-state index contributed by atoms with van der Waals surface area (Å²) in [5.74, 6) is 0.567. The molecule has 1 aromatic carbocycles. The first-order valence-electron chi connectivity index (χ1n) is 6.48. The zero-order valence-corrected chi connectivity index (χ0v) is 13.7. The Morgan fingerprint density at radius 3 is 2.50 bits per heavy atom. The fourth-order valence-corrected chi connectivity index (χ4v) is 4.61. The van der Waals surface area contributed by atoms with Gasteiger partial charge in [-0.2, -0.15) is 0 Å². The van der Waals surface area contributed by atoms with Crippen molar-refractivity contribution in [2.45, 2.75) is 37.2 Å². The first-order valence-corrected chi connectivity index (χ1v) is 8.72. The minimum absolute atomic E-state index is 0.00204. The molecule has 0 bridgehead atoms. The first-order chi connectivity index (χ1) is 9.33. The van der Waals surface area contributed by atoms with E-state index in [0.29, 0.717) is 23.0 Å². The summed E-state index contributed by atoms with van der Waals surface area (Å²) in [6.07, 6.45) is 1.72. The van der Waals surface area contributed by atoms with E-state index in [0.717, 1.165) is 12.8 Å². The molecule has 20 heavy (non-hydrogen) atoms. The van der Waals surface area contributed by atoms with Crippen LogP contribution in [0, 0.1) is 5.92 Å². The number of rotatable bonds is 5. The second-order valence-corrected chi connectivity index (χ2v) is 7.80. The largest absolute Gasteiger partial charge is 0.316 e. The summed E-state index contributed by atoms with van der Waals surface area (Å²) in [7, 11) is -1.87. The highest BCUT2D eigenvalue weighted by molar-refractivity contribution is 7.89. The predicted octanol–water partition coefficient (Wildman–Crippen LogP) is 2.79. The van der Waals surface area contributed by atoms with Crippen molar-refractivity contribution in [2.75, 3.05) is 7.05 Å². The smallest absolute Gasteiger partial charge is 0.242 e. The predicted molar refractivity (Wildman–Crippen MR) is 81.7 cm³/mol. The molecule has 0 unspecified atom stereocenters. The maximum Gasteiger partial charge on any atom is 0.242 e. The molecule has 7 heteroatoms. The molecule has 1 saturated carbocycles. The maximum absolute atomic E-state index is 12.4. The van der Waals surface area contributed by atoms with Gasteiger partial charge in [0.2, 0.25) is 10.0 Å². The van der Waals surface area contributed by atoms with Crippen LogP contribution in [-0.2, 0) is 16.6 Å². The van der Waals surface area contributed by atoms with Crippen molar-refractivity contribution in [1.29, 1.82) is 0 Å². The lowest BCUT2D eigenvalue weighted by atomic mass is 9.83. The van der Waals surface area contributed by atoms with Gasteiger partial charge in [-0.05, 0) is 43.5 Å². The third kappa shape index (κ3) is 3.46. The van der Waals surface area contributed by atoms with Crippen LogP contribution in [0.1, 0.15) is 25.3 Å². The van der Waals surface area contributed by atoms with Crippen LogP contribution in [0.2, 0.25) is 10.0 Å². The molecule has 0 saturated heterocycles. The molecule has 2 N–H and O–H groups in total. The molecule has 0 spiro atoms. The molecule has 0 radical (unpaired) electrons. The Labute approximate surface area is 129 Å². The molecular weight excluding hydrogens is 319 g/mol. The molecule has 4 nitrogen and oxygen atoms in total. The van der Waals surface area contributed by atoms with Crippen molar-refractivity contribution in [3.63, 3.8) is 0 Å². The molecule has 1 aromatic rings. The highest BCUT2D eigenvalue weighted by atomic mass is 35.5. The summed E-state index contributed by atoms with van der Waals surface area (Å²) in [6.45, 7) is 2.56. The number of hydrogen-bond acceptors (Lipinski definition) is 3. The van der Waals surface area contributed by atoms with Crippen molar-refractivity contribution in [3.05, 3.63) is 27.7 Å². The average Bonchev–Trinajstić information content (AvgIpc) is 2.31. The lowest BCUT2D eigenvalue weighted by molar-refractivity contribution is 0.270. The fourth-order valence-electron chi connectivity index (χ4n) is 2.41. The lowest BCUT2D eigenvalue weighted by Gasteiger charge is -2.33. The van der Waals surface area contributed by atoms with Gasteiger partial charge in [-0.1, -0.05) is 30.1 Å². The Hall–Kier alpha value is -0.330. The molecule has 0 aliphatic heterocycles. The van der Waals surface area contributed by atoms with Gasteiger partial charge in [-0.3, -0.25) is 0 Å². The van der Waals surface area contributed by atoms with E-state index in [4.69, 9.17) is 23.2 Å². The zero-order chi connectivity index (χ0) is 14.9. The molecule has 0 atom stereocenters. The first kappa shape index (κ1) is 16.0. The molecule has 1 aliphatic rings. The van der Waals surface area contributed by atoms with Gasteiger partial charge < -0.3 is 5.32 Å². The van der Waals surface area contributed by atoms with Crippen LogP contribution in [0.4, 0.5) is 0 Å². The van der Waals surface area contributed by atoms with Gasteiger partial charge in [-0.15, -0.1) is 0 Å². The van der Waals surface area contributed by atoms with Gasteiger partial charge in [0.15, 0.2) is 0 Å². The lowest BCUT2D eigenvalue weighted by Crippen LogP contribution is -2.43. The summed E-state index contributed by atoms with van der Waals surface area (Å²) in [4.78, 5) is 0.0523. The SMILES string of the molecule is CNCc1cc(Cl)cc(S(=O)(=O)NC2CC(C)C2)c1Cl. The summed E-state index contributed by atoms with van der Waals surface area (Å²) in [5, 5.41) is 3.53. The van der Waals surface area contributed by atoms with Crippen LogP contribution < -0.4 is 10.0 Å². The molecule has 112 valence electrons. The van der Waals surface area contributed by atoms with Crippen LogP contribution in [-0.4, -0.2) is 21.5 Å². The highest BCUT2D eigenvalue weighted by Gasteiger charge is 2.31. The Morgan fingerprint density at radius 1 is 1.30 bits per heavy atom. The summed E-state index contributed by atoms with van der Waals surface area (Å²) >= 11 is 12.2. The molecule has 1 aliphatic carbocycles. The second kappa shape index (κ2) is 6.20. The molecular formula is C13H18Cl2N2O2S. The van der Waals surface area contributed by atoms with Crippen molar-refractivity contribution < 1.29 is 8.42 Å². The van der Waals surface area contributed by atoms with Crippen LogP contribution in [0.5, 0.6) is 0 Å². The molecule has 1 fully saturated rings. The van der Waals surface area contributed by atoms with E-state index in [1.54, 1.807) is 13.1 Å². The van der Waals surface area contributed by atoms with Gasteiger partial charge in [0.05, 0.1) is 5.02 Å². The number of nitrogens with one attached hydrogen (secondary N) is 2. The van der Waals surface area contributed by atoms with Crippen molar-refractivity contribution in [1.82, 2.24) is 10.0 Å². The third-order valence-corrected chi connectivity index (χ3v) is 5.75. The van der Waals surface area contributed by atoms with Crippen LogP contribution >= 0.6 is 23.2 Å². The molecule has 2 rings (SSSR count). The monoisotopic (exact) mass is 336 g/mol. The Bertz CT molecular complexity index is 599. The van der Waals surface area contributed by atoms with Crippen LogP contribution in [0.15, 0.2) is 17.0 Å². The van der Waals surface area contributed by atoms with Crippen molar-refractivity contribution >= 4 is 33.2 Å². The van der Waals surface area contributed by atoms with Crippen LogP contribution in [0.25, 0.3) is 0 Å². The number of sulfonamides is 1. The van der Waals surface area contributed by atoms with Gasteiger partial charge in [0.1, 0.15) is 4.90 Å². The van der Waals surface area contributed by atoms with Crippen molar-refractivity contribution in [2.24, 2.45) is 5.92 Å². The Balaban J connectivity index is 2.30. The average molecular weight is 337 g/mol. The molecule has 0 heterocycles. The zero-order valence-electron chi connectivity index (χ0n) is 11.4. The second-order valence-electron chi connectivity index (χ2n) is 5.30. The van der Waals surface area contributed by atoms with Gasteiger partial charge in [0, 0.05) is 17.6 Å². The molecule has 0 aromatic heterocycles. The normalized spacial score (nSPS) is 22.6. The summed E-state index contributed by atoms with van der Waals surface area (Å²) in [5.41, 5.74) is 0.670. The number of halogens is 2. The van der Waals surface area contributed by atoms with E-state index in [9.17, 15) is 8.42 Å². The molecule has 0 amide bonds. The topological polar surface area (TPSA) is 58.2 Å². The minimum atomic E-state index is -3.63. The minimum Gasteiger partial charge on any atom is -0.316 e. The highest BCUT2D eigenvalue weighted by Crippen LogP contribution is 2.32. The van der Waals surface area contributed by atoms with Gasteiger partial charge >= 0.3 is 0 Å². The van der Waals surface area contributed by atoms with E-state index < -0.39 is 10.0 Å². The number of hydrogen-bond donors (Lipinski definition) is 2. The van der Waals surface area contributed by atoms with Crippen molar-refractivity contribution in [3.8, 4) is 0 Å². The summed E-state index contributed by atoms with van der Waals surface area (Å²) in [6, 6.07) is 3.07. The van der Waals surface area contributed by atoms with E-state index in [1.807, 2.05) is 0 Å². The Kier molecular flexibility index (Phi) is 4.97. The quantitative estimate of drug-likeness (QED) is 0.869. The van der Waals surface area contributed by atoms with E-state index in [2.05, 4.69) is 17.0 Å². The third-order valence-electron chi connectivity index (χ3n) is 3.43. The number of benzene rings is 1. The van der Waals surface area contributed by atoms with E-state index >= 15 is 0 Å². The fraction of sp³-hybridized carbons (Fsp3) is 0.538. The van der Waals surface area contributed by atoms with Gasteiger partial charge in [0.25, 0.3) is 0 Å². The van der Waals surface area contributed by atoms with E-state index in [-0.39, 0.29) is 16.0 Å². The van der Waals surface area contributed by atoms with Gasteiger partial charge in [-0.25, -0.2) is 13.1 Å². The van der Waals surface area contributed by atoms with Crippen LogP contribution in [0.3, 0.4) is 0 Å². The Morgan fingerprint density at radius 2 is 1.95 bits per heavy atom. The summed E-state index contributed by atoms with van der Waals surface area (Å²) < 4.78 is 27.5. The van der Waals surface area contributed by atoms with E-state index in [1.165, 1.54) is 6.07 Å².